The highest BCUT2D eigenvalue weighted by Gasteiger charge is 2.77. The summed E-state index contributed by atoms with van der Waals surface area (Å²) in [5.41, 5.74) is 1.32. The third-order valence-corrected chi connectivity index (χ3v) is 12.1. The van der Waals surface area contributed by atoms with Crippen molar-refractivity contribution in [1.29, 1.82) is 0 Å². The van der Waals surface area contributed by atoms with Gasteiger partial charge in [-0.2, -0.15) is 0 Å². The number of likely N-dealkylation sites (tertiary alicyclic amines) is 1. The Labute approximate surface area is 281 Å². The number of carbonyl (C=O) groups is 3. The molecule has 3 amide bonds. The number of carbonyl (C=O) groups excluding carboxylic acids is 3. The van der Waals surface area contributed by atoms with Crippen LogP contribution in [0.3, 0.4) is 0 Å². The van der Waals surface area contributed by atoms with E-state index in [-0.39, 0.29) is 54.5 Å². The fourth-order valence-corrected chi connectivity index (χ4v) is 10.3. The summed E-state index contributed by atoms with van der Waals surface area (Å²) in [6.07, 6.45) is 4.04. The fourth-order valence-electron chi connectivity index (χ4n) is 7.74. The Morgan fingerprint density at radius 1 is 1.07 bits per heavy atom. The molecule has 3 unspecified atom stereocenters. The predicted octanol–water partition coefficient (Wildman–Crippen LogP) is 5.83. The quantitative estimate of drug-likeness (QED) is 0.271. The minimum absolute atomic E-state index is 0.0277. The van der Waals surface area contributed by atoms with Crippen molar-refractivity contribution < 1.29 is 24.2 Å². The van der Waals surface area contributed by atoms with Gasteiger partial charge in [0.05, 0.1) is 35.8 Å². The van der Waals surface area contributed by atoms with Gasteiger partial charge in [-0.3, -0.25) is 14.4 Å². The van der Waals surface area contributed by atoms with Gasteiger partial charge in [0.25, 0.3) is 5.91 Å². The van der Waals surface area contributed by atoms with Gasteiger partial charge in [0, 0.05) is 34.7 Å². The van der Waals surface area contributed by atoms with Crippen molar-refractivity contribution in [3.63, 3.8) is 0 Å². The smallest absolute Gasteiger partial charge is 0.251 e. The molecule has 2 aromatic rings. The number of halogens is 1. The summed E-state index contributed by atoms with van der Waals surface area (Å²) in [6, 6.07) is 12.9. The summed E-state index contributed by atoms with van der Waals surface area (Å²) in [6.45, 7) is 16.4. The molecule has 0 radical (unpaired) electrons. The zero-order chi connectivity index (χ0) is 33.3. The van der Waals surface area contributed by atoms with Gasteiger partial charge >= 0.3 is 0 Å². The molecule has 46 heavy (non-hydrogen) atoms. The van der Waals surface area contributed by atoms with Gasteiger partial charge in [-0.25, -0.2) is 0 Å². The molecule has 1 N–H and O–H groups in total. The molecule has 2 aromatic carbocycles. The van der Waals surface area contributed by atoms with Gasteiger partial charge in [0.15, 0.2) is 0 Å². The number of hydrogen-bond acceptors (Lipinski definition) is 6. The van der Waals surface area contributed by atoms with Gasteiger partial charge in [0.2, 0.25) is 11.8 Å². The van der Waals surface area contributed by atoms with Gasteiger partial charge in [-0.05, 0) is 73.7 Å². The van der Waals surface area contributed by atoms with E-state index in [1.165, 1.54) is 0 Å². The molecular formula is C36H44ClN3O5S. The zero-order valence-corrected chi connectivity index (χ0v) is 28.5. The number of amides is 3. The first-order valence-electron chi connectivity index (χ1n) is 16.0. The molecule has 2 bridgehead atoms. The number of ether oxygens (including phenoxy) is 1. The highest BCUT2D eigenvalue weighted by Crippen LogP contribution is 2.69. The minimum atomic E-state index is -0.888. The van der Waals surface area contributed by atoms with Crippen LogP contribution >= 0.6 is 23.4 Å². The molecule has 8 nitrogen and oxygen atoms in total. The van der Waals surface area contributed by atoms with E-state index in [9.17, 15) is 19.5 Å². The van der Waals surface area contributed by atoms with Gasteiger partial charge < -0.3 is 24.5 Å². The lowest BCUT2D eigenvalue weighted by atomic mass is 9.65. The first kappa shape index (κ1) is 34.1. The number of anilines is 2. The van der Waals surface area contributed by atoms with Gasteiger partial charge in [-0.1, -0.05) is 44.5 Å². The molecule has 246 valence electrons. The van der Waals surface area contributed by atoms with Gasteiger partial charge in [-0.15, -0.1) is 24.9 Å². The molecule has 3 aliphatic heterocycles. The van der Waals surface area contributed by atoms with E-state index in [0.717, 1.165) is 0 Å². The van der Waals surface area contributed by atoms with Crippen LogP contribution in [0.5, 0.6) is 5.75 Å². The number of fused-ring (bicyclic) bond motifs is 1. The Balaban J connectivity index is 1.61. The highest BCUT2D eigenvalue weighted by molar-refractivity contribution is 8.02. The maximum atomic E-state index is 14.9. The van der Waals surface area contributed by atoms with Crippen molar-refractivity contribution in [2.24, 2.45) is 23.7 Å². The summed E-state index contributed by atoms with van der Waals surface area (Å²) in [4.78, 5) is 49.4. The molecule has 3 saturated heterocycles. The molecule has 3 aliphatic rings. The van der Waals surface area contributed by atoms with E-state index < -0.39 is 28.7 Å². The SMILES string of the molecule is C=CCN(C(=O)C1N([C@@H](CO)C(C)C)C(=O)[C@@H]2[C@H](C(=O)N(CC=C)c3ccc(OCC)cc3)[C@@H]3CC(C)C12S3)c1ccc(Cl)cc1. The van der Waals surface area contributed by atoms with Gasteiger partial charge in [0.1, 0.15) is 11.8 Å². The number of aliphatic hydroxyl groups is 1. The third-order valence-electron chi connectivity index (χ3n) is 9.77. The second-order valence-electron chi connectivity index (χ2n) is 12.7. The fraction of sp³-hybridized carbons (Fsp3) is 0.472. The van der Waals surface area contributed by atoms with Crippen molar-refractivity contribution in [2.45, 2.75) is 56.2 Å². The first-order valence-corrected chi connectivity index (χ1v) is 17.2. The average Bonchev–Trinajstić information content (AvgIpc) is 3.63. The van der Waals surface area contributed by atoms with Crippen LogP contribution in [-0.4, -0.2) is 76.1 Å². The van der Waals surface area contributed by atoms with Crippen molar-refractivity contribution in [1.82, 2.24) is 4.90 Å². The monoisotopic (exact) mass is 665 g/mol. The van der Waals surface area contributed by atoms with E-state index in [1.54, 1.807) is 62.9 Å². The van der Waals surface area contributed by atoms with Crippen LogP contribution in [0.25, 0.3) is 0 Å². The maximum absolute atomic E-state index is 14.9. The number of thioether (sulfide) groups is 1. The van der Waals surface area contributed by atoms with Crippen LogP contribution in [0, 0.1) is 23.7 Å². The number of hydrogen-bond donors (Lipinski definition) is 1. The molecule has 1 spiro atoms. The maximum Gasteiger partial charge on any atom is 0.251 e. The average molecular weight is 666 g/mol. The van der Waals surface area contributed by atoms with Crippen molar-refractivity contribution in [3.05, 3.63) is 78.9 Å². The number of nitrogens with zero attached hydrogens (tertiary/aromatic N) is 3. The molecule has 7 atom stereocenters. The molecule has 3 heterocycles. The summed E-state index contributed by atoms with van der Waals surface area (Å²) < 4.78 is 4.75. The molecule has 3 fully saturated rings. The van der Waals surface area contributed by atoms with E-state index in [1.807, 2.05) is 45.0 Å². The molecule has 0 aliphatic carbocycles. The summed E-state index contributed by atoms with van der Waals surface area (Å²) >= 11 is 7.80. The summed E-state index contributed by atoms with van der Waals surface area (Å²) in [5, 5.41) is 11.1. The van der Waals surface area contributed by atoms with E-state index in [4.69, 9.17) is 16.3 Å². The summed E-state index contributed by atoms with van der Waals surface area (Å²) in [5.74, 6) is -1.48. The molecule has 5 rings (SSSR count). The second kappa shape index (κ2) is 13.8. The topological polar surface area (TPSA) is 90.4 Å². The molecule has 10 heteroatoms. The first-order chi connectivity index (χ1) is 22.0. The van der Waals surface area contributed by atoms with Crippen LogP contribution in [0.15, 0.2) is 73.8 Å². The van der Waals surface area contributed by atoms with Crippen LogP contribution in [-0.2, 0) is 14.4 Å². The Kier molecular flexibility index (Phi) is 10.3. The lowest BCUT2D eigenvalue weighted by Gasteiger charge is -2.43. The van der Waals surface area contributed by atoms with Crippen LogP contribution < -0.4 is 14.5 Å². The van der Waals surface area contributed by atoms with Crippen LogP contribution in [0.2, 0.25) is 5.02 Å². The van der Waals surface area contributed by atoms with E-state index in [0.29, 0.717) is 35.2 Å². The van der Waals surface area contributed by atoms with Crippen molar-refractivity contribution in [2.75, 3.05) is 36.1 Å². The Morgan fingerprint density at radius 2 is 1.63 bits per heavy atom. The third kappa shape index (κ3) is 5.64. The minimum Gasteiger partial charge on any atom is -0.494 e. The Bertz CT molecular complexity index is 1470. The number of aliphatic hydroxyl groups excluding tert-OH is 1. The standard InChI is InChI=1S/C36H44ClN3O5S/c1-7-18-38(26-14-16-27(17-15-26)45-9-3)33(42)30-29-20-23(6)36(46-29)31(30)34(43)40(28(21-41)22(4)5)32(36)35(44)39(19-8-2)25-12-10-24(37)11-13-25/h7-8,10-17,22-23,28-32,41H,1-2,9,18-21H2,3-6H3/t23?,28-,29-,30+,31-,32?,36?/m0/s1. The largest absolute Gasteiger partial charge is 0.494 e. The van der Waals surface area contributed by atoms with Crippen molar-refractivity contribution in [3.8, 4) is 5.75 Å². The summed E-state index contributed by atoms with van der Waals surface area (Å²) in [7, 11) is 0. The second-order valence-corrected chi connectivity index (χ2v) is 14.7. The number of rotatable bonds is 13. The Hall–Kier alpha value is -3.27. The highest BCUT2D eigenvalue weighted by atomic mass is 35.5. The van der Waals surface area contributed by atoms with E-state index in [2.05, 4.69) is 20.1 Å². The zero-order valence-electron chi connectivity index (χ0n) is 27.0. The predicted molar refractivity (Wildman–Crippen MR) is 185 cm³/mol. The van der Waals surface area contributed by atoms with Crippen LogP contribution in [0.4, 0.5) is 11.4 Å². The van der Waals surface area contributed by atoms with Crippen molar-refractivity contribution >= 4 is 52.5 Å². The molecule has 0 saturated carbocycles. The van der Waals surface area contributed by atoms with E-state index >= 15 is 0 Å². The molecule has 0 aromatic heterocycles. The lowest BCUT2D eigenvalue weighted by molar-refractivity contribution is -0.142. The molecular weight excluding hydrogens is 622 g/mol. The van der Waals surface area contributed by atoms with Crippen LogP contribution in [0.1, 0.15) is 34.1 Å². The lowest BCUT2D eigenvalue weighted by Crippen LogP contribution is -2.60. The normalized spacial score (nSPS) is 27.0. The number of benzene rings is 2. The Morgan fingerprint density at radius 3 is 2.15 bits per heavy atom.